The van der Waals surface area contributed by atoms with E-state index < -0.39 is 0 Å². The topological polar surface area (TPSA) is 15.3 Å². The average Bonchev–Trinajstić information content (AvgIpc) is 2.41. The van der Waals surface area contributed by atoms with Crippen LogP contribution in [0.5, 0.6) is 0 Å². The molecular weight excluding hydrogens is 227 g/mol. The van der Waals surface area contributed by atoms with Gasteiger partial charge in [0, 0.05) is 26.2 Å². The molecule has 0 spiro atoms. The monoisotopic (exact) mass is 250 g/mol. The normalized spacial score (nSPS) is 19.1. The van der Waals surface area contributed by atoms with Crippen LogP contribution in [-0.2, 0) is 0 Å². The van der Waals surface area contributed by atoms with Crippen LogP contribution in [0.4, 0.5) is 4.39 Å². The number of hydrogen-bond donors (Lipinski definition) is 1. The van der Waals surface area contributed by atoms with Crippen LogP contribution in [0.15, 0.2) is 24.3 Å². The van der Waals surface area contributed by atoms with Gasteiger partial charge in [-0.25, -0.2) is 4.39 Å². The molecule has 0 bridgehead atoms. The SMILES string of the molecule is CC(C)c1ccc([C@H](CF)N2CCNCC2)cc1. The van der Waals surface area contributed by atoms with Crippen molar-refractivity contribution < 1.29 is 4.39 Å². The molecular formula is C15H23FN2. The first-order valence-electron chi connectivity index (χ1n) is 6.83. The number of rotatable bonds is 4. The molecule has 100 valence electrons. The second-order valence-electron chi connectivity index (χ2n) is 5.28. The van der Waals surface area contributed by atoms with Gasteiger partial charge in [-0.15, -0.1) is 0 Å². The van der Waals surface area contributed by atoms with Gasteiger partial charge in [0.1, 0.15) is 6.67 Å². The quantitative estimate of drug-likeness (QED) is 0.884. The third-order valence-electron chi connectivity index (χ3n) is 3.73. The Morgan fingerprint density at radius 3 is 2.17 bits per heavy atom. The van der Waals surface area contributed by atoms with E-state index >= 15 is 0 Å². The van der Waals surface area contributed by atoms with Gasteiger partial charge in [-0.05, 0) is 17.0 Å². The van der Waals surface area contributed by atoms with Crippen LogP contribution >= 0.6 is 0 Å². The molecule has 0 saturated carbocycles. The molecule has 2 rings (SSSR count). The predicted molar refractivity (Wildman–Crippen MR) is 73.7 cm³/mol. The van der Waals surface area contributed by atoms with Crippen LogP contribution < -0.4 is 5.32 Å². The lowest BCUT2D eigenvalue weighted by Crippen LogP contribution is -2.45. The van der Waals surface area contributed by atoms with Crippen LogP contribution in [0.3, 0.4) is 0 Å². The van der Waals surface area contributed by atoms with Crippen molar-refractivity contribution in [1.29, 1.82) is 0 Å². The standard InChI is InChI=1S/C15H23FN2/c1-12(2)13-3-5-14(6-4-13)15(11-16)18-9-7-17-8-10-18/h3-6,12,15,17H,7-11H2,1-2H3/t15-/m0/s1. The Morgan fingerprint density at radius 2 is 1.67 bits per heavy atom. The molecule has 1 heterocycles. The molecule has 0 aliphatic carbocycles. The van der Waals surface area contributed by atoms with Gasteiger partial charge in [0.05, 0.1) is 6.04 Å². The van der Waals surface area contributed by atoms with Crippen LogP contribution in [0.25, 0.3) is 0 Å². The summed E-state index contributed by atoms with van der Waals surface area (Å²) in [7, 11) is 0. The minimum atomic E-state index is -0.305. The number of halogens is 1. The summed E-state index contributed by atoms with van der Waals surface area (Å²) in [5.41, 5.74) is 2.42. The van der Waals surface area contributed by atoms with E-state index in [1.54, 1.807) is 0 Å². The van der Waals surface area contributed by atoms with Crippen molar-refractivity contribution in [2.45, 2.75) is 25.8 Å². The second kappa shape index (κ2) is 6.30. The maximum absolute atomic E-state index is 13.3. The van der Waals surface area contributed by atoms with Crippen molar-refractivity contribution in [3.05, 3.63) is 35.4 Å². The van der Waals surface area contributed by atoms with Gasteiger partial charge in [-0.2, -0.15) is 0 Å². The zero-order valence-corrected chi connectivity index (χ0v) is 11.3. The smallest absolute Gasteiger partial charge is 0.109 e. The molecule has 18 heavy (non-hydrogen) atoms. The lowest BCUT2D eigenvalue weighted by Gasteiger charge is -2.33. The molecule has 1 aromatic carbocycles. The summed E-state index contributed by atoms with van der Waals surface area (Å²) in [5, 5.41) is 3.31. The number of nitrogens with zero attached hydrogens (tertiary/aromatic N) is 1. The van der Waals surface area contributed by atoms with Crippen LogP contribution in [-0.4, -0.2) is 37.8 Å². The van der Waals surface area contributed by atoms with Gasteiger partial charge in [0.15, 0.2) is 0 Å². The number of benzene rings is 1. The zero-order chi connectivity index (χ0) is 13.0. The first kappa shape index (κ1) is 13.5. The maximum Gasteiger partial charge on any atom is 0.109 e. The molecule has 1 N–H and O–H groups in total. The summed E-state index contributed by atoms with van der Waals surface area (Å²) >= 11 is 0. The number of alkyl halides is 1. The molecule has 0 amide bonds. The molecule has 0 radical (unpaired) electrons. The van der Waals surface area contributed by atoms with Crippen molar-refractivity contribution >= 4 is 0 Å². The molecule has 1 saturated heterocycles. The van der Waals surface area contributed by atoms with Gasteiger partial charge in [-0.3, -0.25) is 4.90 Å². The van der Waals surface area contributed by atoms with Crippen molar-refractivity contribution in [2.24, 2.45) is 0 Å². The molecule has 1 atom stereocenters. The largest absolute Gasteiger partial charge is 0.314 e. The fourth-order valence-electron chi connectivity index (χ4n) is 2.49. The fourth-order valence-corrected chi connectivity index (χ4v) is 2.49. The Balaban J connectivity index is 2.11. The minimum absolute atomic E-state index is 0.0756. The van der Waals surface area contributed by atoms with E-state index in [9.17, 15) is 4.39 Å². The molecule has 0 unspecified atom stereocenters. The van der Waals surface area contributed by atoms with E-state index in [0.29, 0.717) is 5.92 Å². The molecule has 2 nitrogen and oxygen atoms in total. The molecule has 1 aliphatic rings. The van der Waals surface area contributed by atoms with Crippen LogP contribution in [0, 0.1) is 0 Å². The Hall–Kier alpha value is -0.930. The summed E-state index contributed by atoms with van der Waals surface area (Å²) in [6, 6.07) is 8.35. The Morgan fingerprint density at radius 1 is 1.11 bits per heavy atom. The summed E-state index contributed by atoms with van der Waals surface area (Å²) < 4.78 is 13.3. The molecule has 1 fully saturated rings. The van der Waals surface area contributed by atoms with Gasteiger partial charge in [0.25, 0.3) is 0 Å². The molecule has 1 aromatic rings. The zero-order valence-electron chi connectivity index (χ0n) is 11.3. The highest BCUT2D eigenvalue weighted by molar-refractivity contribution is 5.27. The van der Waals surface area contributed by atoms with Crippen molar-refractivity contribution in [3.8, 4) is 0 Å². The minimum Gasteiger partial charge on any atom is -0.314 e. The molecule has 3 heteroatoms. The van der Waals surface area contributed by atoms with Gasteiger partial charge < -0.3 is 5.32 Å². The lowest BCUT2D eigenvalue weighted by atomic mass is 9.98. The maximum atomic E-state index is 13.3. The second-order valence-corrected chi connectivity index (χ2v) is 5.28. The third-order valence-corrected chi connectivity index (χ3v) is 3.73. The Kier molecular flexibility index (Phi) is 4.72. The molecule has 1 aliphatic heterocycles. The summed E-state index contributed by atoms with van der Waals surface area (Å²) in [6.45, 7) is 7.83. The van der Waals surface area contributed by atoms with E-state index in [2.05, 4.69) is 48.3 Å². The highest BCUT2D eigenvalue weighted by Crippen LogP contribution is 2.24. The Labute approximate surface area is 109 Å². The van der Waals surface area contributed by atoms with Gasteiger partial charge in [-0.1, -0.05) is 38.1 Å². The third kappa shape index (κ3) is 3.09. The van der Waals surface area contributed by atoms with Crippen LogP contribution in [0.2, 0.25) is 0 Å². The Bertz CT molecular complexity index is 355. The first-order valence-corrected chi connectivity index (χ1v) is 6.83. The number of nitrogens with one attached hydrogen (secondary N) is 1. The predicted octanol–water partition coefficient (Wildman–Crippen LogP) is 2.73. The molecule has 0 aromatic heterocycles. The average molecular weight is 250 g/mol. The van der Waals surface area contributed by atoms with E-state index in [1.807, 2.05) is 0 Å². The number of hydrogen-bond acceptors (Lipinski definition) is 2. The van der Waals surface area contributed by atoms with E-state index in [1.165, 1.54) is 5.56 Å². The first-order chi connectivity index (χ1) is 8.72. The van der Waals surface area contributed by atoms with E-state index in [-0.39, 0.29) is 12.7 Å². The summed E-state index contributed by atoms with van der Waals surface area (Å²) in [5.74, 6) is 0.530. The highest BCUT2D eigenvalue weighted by atomic mass is 19.1. The van der Waals surface area contributed by atoms with Crippen molar-refractivity contribution in [2.75, 3.05) is 32.9 Å². The van der Waals surface area contributed by atoms with Crippen molar-refractivity contribution in [1.82, 2.24) is 10.2 Å². The van der Waals surface area contributed by atoms with Crippen LogP contribution in [0.1, 0.15) is 36.9 Å². The van der Waals surface area contributed by atoms with Gasteiger partial charge >= 0.3 is 0 Å². The summed E-state index contributed by atoms with van der Waals surface area (Å²) in [6.07, 6.45) is 0. The highest BCUT2D eigenvalue weighted by Gasteiger charge is 2.21. The van der Waals surface area contributed by atoms with E-state index in [0.717, 1.165) is 31.7 Å². The van der Waals surface area contributed by atoms with E-state index in [4.69, 9.17) is 0 Å². The fraction of sp³-hybridized carbons (Fsp3) is 0.600. The summed E-state index contributed by atoms with van der Waals surface area (Å²) in [4.78, 5) is 2.24. The number of piperazine rings is 1. The van der Waals surface area contributed by atoms with Crippen molar-refractivity contribution in [3.63, 3.8) is 0 Å². The lowest BCUT2D eigenvalue weighted by molar-refractivity contribution is 0.147. The van der Waals surface area contributed by atoms with Gasteiger partial charge in [0.2, 0.25) is 0 Å².